The largest absolute Gasteiger partial charge is 0.317 e. The van der Waals surface area contributed by atoms with Crippen molar-refractivity contribution >= 4 is 10.0 Å². The Kier molecular flexibility index (Phi) is 3.17. The van der Waals surface area contributed by atoms with Gasteiger partial charge in [-0.3, -0.25) is 0 Å². The van der Waals surface area contributed by atoms with Gasteiger partial charge in [0.25, 0.3) is 0 Å². The molecule has 0 unspecified atom stereocenters. The molecule has 3 rings (SSSR count). The second-order valence-corrected chi connectivity index (χ2v) is 7.90. The smallest absolute Gasteiger partial charge is 0.217 e. The first-order valence-corrected chi connectivity index (χ1v) is 8.39. The summed E-state index contributed by atoms with van der Waals surface area (Å²) in [5, 5.41) is 3.30. The first-order valence-electron chi connectivity index (χ1n) is 6.89. The van der Waals surface area contributed by atoms with Crippen molar-refractivity contribution in [2.45, 2.75) is 49.8 Å². The van der Waals surface area contributed by atoms with Crippen LogP contribution in [0.5, 0.6) is 0 Å². The Morgan fingerprint density at radius 1 is 1.00 bits per heavy atom. The lowest BCUT2D eigenvalue weighted by Gasteiger charge is -2.29. The van der Waals surface area contributed by atoms with Crippen LogP contribution in [0.1, 0.15) is 38.5 Å². The van der Waals surface area contributed by atoms with Gasteiger partial charge >= 0.3 is 0 Å². The van der Waals surface area contributed by atoms with Crippen LogP contribution in [0.15, 0.2) is 0 Å². The third-order valence-corrected chi connectivity index (χ3v) is 6.54. The van der Waals surface area contributed by atoms with Gasteiger partial charge in [-0.2, -0.15) is 4.31 Å². The molecule has 0 aromatic rings. The lowest BCUT2D eigenvalue weighted by molar-refractivity contribution is 0.283. The highest BCUT2D eigenvalue weighted by Gasteiger charge is 2.46. The standard InChI is InChI=1S/C12H22N2O2S/c15-17(16,12-3-4-12)14(11-1-2-11)9-10-5-7-13-8-6-10/h10-13H,1-9H2. The summed E-state index contributed by atoms with van der Waals surface area (Å²) in [7, 11) is -2.95. The van der Waals surface area contributed by atoms with Gasteiger partial charge in [0.1, 0.15) is 0 Å². The van der Waals surface area contributed by atoms with E-state index in [1.165, 1.54) is 0 Å². The van der Waals surface area contributed by atoms with Crippen molar-refractivity contribution in [1.29, 1.82) is 0 Å². The molecule has 5 heteroatoms. The van der Waals surface area contributed by atoms with Crippen molar-refractivity contribution in [3.8, 4) is 0 Å². The van der Waals surface area contributed by atoms with Crippen molar-refractivity contribution in [1.82, 2.24) is 9.62 Å². The van der Waals surface area contributed by atoms with E-state index in [9.17, 15) is 8.42 Å². The van der Waals surface area contributed by atoms with E-state index in [0.29, 0.717) is 12.0 Å². The predicted molar refractivity (Wildman–Crippen MR) is 67.3 cm³/mol. The third-order valence-electron chi connectivity index (χ3n) is 4.12. The van der Waals surface area contributed by atoms with Gasteiger partial charge in [-0.15, -0.1) is 0 Å². The molecule has 1 aliphatic heterocycles. The normalized spacial score (nSPS) is 27.6. The summed E-state index contributed by atoms with van der Waals surface area (Å²) in [5.74, 6) is 0.574. The molecule has 2 aliphatic carbocycles. The van der Waals surface area contributed by atoms with Crippen LogP contribution in [-0.2, 0) is 10.0 Å². The maximum atomic E-state index is 12.4. The van der Waals surface area contributed by atoms with Crippen LogP contribution in [0, 0.1) is 5.92 Å². The van der Waals surface area contributed by atoms with Crippen molar-refractivity contribution in [3.05, 3.63) is 0 Å². The Bertz CT molecular complexity index is 368. The Labute approximate surface area is 104 Å². The fourth-order valence-corrected chi connectivity index (χ4v) is 4.86. The Hall–Kier alpha value is -0.130. The zero-order chi connectivity index (χ0) is 11.9. The zero-order valence-corrected chi connectivity index (χ0v) is 11.1. The molecule has 4 nitrogen and oxygen atoms in total. The highest BCUT2D eigenvalue weighted by atomic mass is 32.2. The third kappa shape index (κ3) is 2.66. The van der Waals surface area contributed by atoms with E-state index < -0.39 is 10.0 Å². The monoisotopic (exact) mass is 258 g/mol. The summed E-state index contributed by atoms with van der Waals surface area (Å²) < 4.78 is 26.6. The van der Waals surface area contributed by atoms with E-state index in [-0.39, 0.29) is 5.25 Å². The van der Waals surface area contributed by atoms with Gasteiger partial charge in [-0.1, -0.05) is 0 Å². The quantitative estimate of drug-likeness (QED) is 0.798. The van der Waals surface area contributed by atoms with Crippen LogP contribution in [0.4, 0.5) is 0 Å². The summed E-state index contributed by atoms with van der Waals surface area (Å²) in [6, 6.07) is 0.343. The van der Waals surface area contributed by atoms with Crippen molar-refractivity contribution in [3.63, 3.8) is 0 Å². The molecule has 2 saturated carbocycles. The zero-order valence-electron chi connectivity index (χ0n) is 10.3. The predicted octanol–water partition coefficient (Wildman–Crippen LogP) is 0.943. The minimum absolute atomic E-state index is 0.0372. The van der Waals surface area contributed by atoms with Gasteiger partial charge in [0.15, 0.2) is 0 Å². The topological polar surface area (TPSA) is 49.4 Å². The van der Waals surface area contributed by atoms with Gasteiger partial charge in [-0.05, 0) is 57.5 Å². The summed E-state index contributed by atoms with van der Waals surface area (Å²) >= 11 is 0. The highest BCUT2D eigenvalue weighted by molar-refractivity contribution is 7.90. The number of sulfonamides is 1. The van der Waals surface area contributed by atoms with Crippen molar-refractivity contribution in [2.75, 3.05) is 19.6 Å². The minimum Gasteiger partial charge on any atom is -0.317 e. The average molecular weight is 258 g/mol. The van der Waals surface area contributed by atoms with Crippen LogP contribution < -0.4 is 5.32 Å². The second-order valence-electron chi connectivity index (χ2n) is 5.74. The first-order chi connectivity index (χ1) is 8.18. The molecular weight excluding hydrogens is 236 g/mol. The minimum atomic E-state index is -2.95. The molecule has 3 aliphatic rings. The van der Waals surface area contributed by atoms with Gasteiger partial charge in [0.2, 0.25) is 10.0 Å². The maximum absolute atomic E-state index is 12.4. The lowest BCUT2D eigenvalue weighted by Crippen LogP contribution is -2.41. The number of piperidine rings is 1. The molecule has 17 heavy (non-hydrogen) atoms. The summed E-state index contributed by atoms with van der Waals surface area (Å²) in [4.78, 5) is 0. The van der Waals surface area contributed by atoms with Crippen LogP contribution in [0.25, 0.3) is 0 Å². The molecule has 0 atom stereocenters. The van der Waals surface area contributed by atoms with Crippen molar-refractivity contribution < 1.29 is 8.42 Å². The number of rotatable bonds is 5. The Morgan fingerprint density at radius 3 is 2.18 bits per heavy atom. The number of hydrogen-bond acceptors (Lipinski definition) is 3. The fraction of sp³-hybridized carbons (Fsp3) is 1.00. The van der Waals surface area contributed by atoms with Crippen molar-refractivity contribution in [2.24, 2.45) is 5.92 Å². The molecule has 3 fully saturated rings. The van der Waals surface area contributed by atoms with E-state index >= 15 is 0 Å². The van der Waals surface area contributed by atoms with Gasteiger partial charge in [-0.25, -0.2) is 8.42 Å². The molecule has 98 valence electrons. The summed E-state index contributed by atoms with van der Waals surface area (Å²) in [6.45, 7) is 2.88. The molecular formula is C12H22N2O2S. The van der Waals surface area contributed by atoms with E-state index in [4.69, 9.17) is 0 Å². The molecule has 0 aromatic carbocycles. The highest BCUT2D eigenvalue weighted by Crippen LogP contribution is 2.38. The molecule has 1 heterocycles. The summed E-state index contributed by atoms with van der Waals surface area (Å²) in [6.07, 6.45) is 6.19. The summed E-state index contributed by atoms with van der Waals surface area (Å²) in [5.41, 5.74) is 0. The SMILES string of the molecule is O=S(=O)(C1CC1)N(CC1CCNCC1)C1CC1. The van der Waals surface area contributed by atoms with E-state index in [2.05, 4.69) is 5.32 Å². The number of nitrogens with one attached hydrogen (secondary N) is 1. The molecule has 0 aromatic heterocycles. The van der Waals surface area contributed by atoms with Gasteiger partial charge in [0.05, 0.1) is 5.25 Å². The molecule has 1 N–H and O–H groups in total. The average Bonchev–Trinajstić information content (AvgIpc) is 3.19. The van der Waals surface area contributed by atoms with Crippen LogP contribution in [0.3, 0.4) is 0 Å². The van der Waals surface area contributed by atoms with Gasteiger partial charge in [0, 0.05) is 12.6 Å². The second kappa shape index (κ2) is 4.52. The molecule has 1 saturated heterocycles. The Balaban J connectivity index is 1.67. The van der Waals surface area contributed by atoms with Crippen LogP contribution in [0.2, 0.25) is 0 Å². The van der Waals surface area contributed by atoms with E-state index in [1.54, 1.807) is 0 Å². The Morgan fingerprint density at radius 2 is 1.65 bits per heavy atom. The van der Waals surface area contributed by atoms with E-state index in [1.807, 2.05) is 4.31 Å². The lowest BCUT2D eigenvalue weighted by atomic mass is 9.98. The molecule has 0 radical (unpaired) electrons. The van der Waals surface area contributed by atoms with Crippen LogP contribution in [-0.4, -0.2) is 43.6 Å². The van der Waals surface area contributed by atoms with Crippen LogP contribution >= 0.6 is 0 Å². The maximum Gasteiger partial charge on any atom is 0.217 e. The number of hydrogen-bond donors (Lipinski definition) is 1. The first kappa shape index (κ1) is 11.9. The molecule has 0 spiro atoms. The molecule has 0 amide bonds. The molecule has 0 bridgehead atoms. The van der Waals surface area contributed by atoms with Gasteiger partial charge < -0.3 is 5.32 Å². The van der Waals surface area contributed by atoms with E-state index in [0.717, 1.165) is 58.2 Å². The fourth-order valence-electron chi connectivity index (χ4n) is 2.70. The number of nitrogens with zero attached hydrogens (tertiary/aromatic N) is 1.